The van der Waals surface area contributed by atoms with Crippen molar-refractivity contribution in [3.63, 3.8) is 0 Å². The predicted octanol–water partition coefficient (Wildman–Crippen LogP) is 3.03. The fourth-order valence-corrected chi connectivity index (χ4v) is 3.62. The molecule has 1 aromatic carbocycles. The molecule has 106 valence electrons. The van der Waals surface area contributed by atoms with E-state index in [0.717, 1.165) is 30.4 Å². The van der Waals surface area contributed by atoms with Crippen LogP contribution in [0.2, 0.25) is 0 Å². The molecule has 0 amide bonds. The molecule has 0 aliphatic rings. The van der Waals surface area contributed by atoms with Gasteiger partial charge in [-0.3, -0.25) is 9.52 Å². The van der Waals surface area contributed by atoms with Crippen LogP contribution in [0, 0.1) is 11.6 Å². The number of hydrogen-bond donors (Lipinski definition) is 1. The highest BCUT2D eigenvalue weighted by Gasteiger charge is 2.22. The van der Waals surface area contributed by atoms with Crippen LogP contribution in [0.4, 0.5) is 14.5 Å². The smallest absolute Gasteiger partial charge is 0.271 e. The molecule has 1 aromatic heterocycles. The fraction of sp³-hybridized carbons (Fsp3) is 0.0833. The van der Waals surface area contributed by atoms with Crippen molar-refractivity contribution >= 4 is 32.8 Å². The van der Waals surface area contributed by atoms with Gasteiger partial charge >= 0.3 is 0 Å². The first-order valence-electron chi connectivity index (χ1n) is 5.38. The number of carbonyl (C=O) groups is 1. The first-order valence-corrected chi connectivity index (χ1v) is 7.74. The van der Waals surface area contributed by atoms with Gasteiger partial charge in [0.05, 0.1) is 11.3 Å². The van der Waals surface area contributed by atoms with Crippen LogP contribution in [-0.2, 0) is 10.0 Å². The molecular weight excluding hydrogens is 308 g/mol. The molecule has 20 heavy (non-hydrogen) atoms. The van der Waals surface area contributed by atoms with E-state index < -0.39 is 38.7 Å². The van der Waals surface area contributed by atoms with Gasteiger partial charge in [-0.1, -0.05) is 6.07 Å². The Bertz CT molecular complexity index is 755. The Kier molecular flexibility index (Phi) is 3.87. The van der Waals surface area contributed by atoms with Gasteiger partial charge in [-0.05, 0) is 30.5 Å². The Morgan fingerprint density at radius 3 is 2.50 bits per heavy atom. The molecule has 1 heterocycles. The van der Waals surface area contributed by atoms with Crippen LogP contribution in [0.25, 0.3) is 0 Å². The van der Waals surface area contributed by atoms with E-state index in [1.165, 1.54) is 12.1 Å². The summed E-state index contributed by atoms with van der Waals surface area (Å²) in [4.78, 5) is 11.2. The zero-order valence-electron chi connectivity index (χ0n) is 10.2. The number of Topliss-reactive ketones (excluding diaryl/α,β-unsaturated/α-hetero) is 1. The van der Waals surface area contributed by atoms with Crippen molar-refractivity contribution in [2.75, 3.05) is 4.72 Å². The number of benzene rings is 1. The van der Waals surface area contributed by atoms with Gasteiger partial charge in [0, 0.05) is 0 Å². The number of halogens is 2. The molecule has 0 radical (unpaired) electrons. The second kappa shape index (κ2) is 5.29. The monoisotopic (exact) mass is 317 g/mol. The predicted molar refractivity (Wildman–Crippen MR) is 71.5 cm³/mol. The number of sulfonamides is 1. The van der Waals surface area contributed by atoms with Gasteiger partial charge < -0.3 is 0 Å². The van der Waals surface area contributed by atoms with E-state index in [1.807, 2.05) is 4.72 Å². The zero-order chi connectivity index (χ0) is 14.9. The summed E-state index contributed by atoms with van der Waals surface area (Å²) >= 11 is 0.955. The van der Waals surface area contributed by atoms with Crippen LogP contribution in [0.3, 0.4) is 0 Å². The topological polar surface area (TPSA) is 63.2 Å². The number of carbonyl (C=O) groups excluding carboxylic acids is 1. The average Bonchev–Trinajstić information content (AvgIpc) is 2.87. The van der Waals surface area contributed by atoms with Crippen LogP contribution in [0.1, 0.15) is 17.3 Å². The van der Waals surface area contributed by atoms with Gasteiger partial charge in [0.15, 0.2) is 11.6 Å². The van der Waals surface area contributed by atoms with Gasteiger partial charge in [0.2, 0.25) is 0 Å². The van der Waals surface area contributed by atoms with Crippen LogP contribution in [0.5, 0.6) is 0 Å². The lowest BCUT2D eigenvalue weighted by Crippen LogP contribution is -2.14. The van der Waals surface area contributed by atoms with E-state index in [1.54, 1.807) is 5.38 Å². The Morgan fingerprint density at radius 1 is 1.25 bits per heavy atom. The molecular formula is C12H9F2NO3S2. The minimum Gasteiger partial charge on any atom is -0.294 e. The van der Waals surface area contributed by atoms with Crippen molar-refractivity contribution in [3.8, 4) is 0 Å². The standard InChI is InChI=1S/C12H9F2NO3S2/c1-7(16)11-8(13)4-5-9(12(11)14)15-20(17,18)10-3-2-6-19-10/h2-6,15H,1H3. The summed E-state index contributed by atoms with van der Waals surface area (Å²) in [6.07, 6.45) is 0. The lowest BCUT2D eigenvalue weighted by molar-refractivity contribution is 0.101. The van der Waals surface area contributed by atoms with Crippen LogP contribution in [-0.4, -0.2) is 14.2 Å². The van der Waals surface area contributed by atoms with Crippen LogP contribution in [0.15, 0.2) is 33.9 Å². The normalized spacial score (nSPS) is 11.3. The maximum Gasteiger partial charge on any atom is 0.271 e. The summed E-state index contributed by atoms with van der Waals surface area (Å²) in [5.41, 5.74) is -1.23. The van der Waals surface area contributed by atoms with E-state index in [0.29, 0.717) is 0 Å². The molecule has 0 atom stereocenters. The molecule has 4 nitrogen and oxygen atoms in total. The molecule has 0 bridgehead atoms. The molecule has 0 saturated carbocycles. The molecule has 0 aliphatic heterocycles. The molecule has 0 saturated heterocycles. The lowest BCUT2D eigenvalue weighted by atomic mass is 10.1. The summed E-state index contributed by atoms with van der Waals surface area (Å²) in [6.45, 7) is 0.999. The molecule has 0 fully saturated rings. The van der Waals surface area contributed by atoms with E-state index in [4.69, 9.17) is 0 Å². The fourth-order valence-electron chi connectivity index (χ4n) is 1.57. The van der Waals surface area contributed by atoms with Gasteiger partial charge in [-0.25, -0.2) is 17.2 Å². The SMILES string of the molecule is CC(=O)c1c(F)ccc(NS(=O)(=O)c2cccs2)c1F. The number of rotatable bonds is 4. The van der Waals surface area contributed by atoms with E-state index in [9.17, 15) is 22.0 Å². The van der Waals surface area contributed by atoms with E-state index in [-0.39, 0.29) is 4.21 Å². The van der Waals surface area contributed by atoms with Gasteiger partial charge in [0.25, 0.3) is 10.0 Å². The second-order valence-corrected chi connectivity index (χ2v) is 6.73. The molecule has 2 aromatic rings. The first kappa shape index (κ1) is 14.6. The largest absolute Gasteiger partial charge is 0.294 e. The summed E-state index contributed by atoms with van der Waals surface area (Å²) in [5, 5.41) is 1.55. The van der Waals surface area contributed by atoms with Crippen LogP contribution < -0.4 is 4.72 Å². The Balaban J connectivity index is 2.46. The Hall–Kier alpha value is -1.80. The number of anilines is 1. The highest BCUT2D eigenvalue weighted by atomic mass is 32.2. The van der Waals surface area contributed by atoms with Crippen molar-refractivity contribution in [2.24, 2.45) is 0 Å². The van der Waals surface area contributed by atoms with E-state index >= 15 is 0 Å². The first-order chi connectivity index (χ1) is 9.33. The molecule has 8 heteroatoms. The maximum atomic E-state index is 14.0. The summed E-state index contributed by atoms with van der Waals surface area (Å²) in [5.74, 6) is -3.08. The molecule has 0 aliphatic carbocycles. The average molecular weight is 317 g/mol. The number of hydrogen-bond acceptors (Lipinski definition) is 4. The molecule has 0 unspecified atom stereocenters. The second-order valence-electron chi connectivity index (χ2n) is 3.88. The Morgan fingerprint density at radius 2 is 1.95 bits per heavy atom. The van der Waals surface area contributed by atoms with Gasteiger partial charge in [-0.2, -0.15) is 0 Å². The van der Waals surface area contributed by atoms with Crippen molar-refractivity contribution in [1.29, 1.82) is 0 Å². The summed E-state index contributed by atoms with van der Waals surface area (Å²) < 4.78 is 53.2. The molecule has 0 spiro atoms. The highest BCUT2D eigenvalue weighted by Crippen LogP contribution is 2.25. The zero-order valence-corrected chi connectivity index (χ0v) is 11.8. The van der Waals surface area contributed by atoms with Crippen molar-refractivity contribution in [1.82, 2.24) is 0 Å². The maximum absolute atomic E-state index is 14.0. The lowest BCUT2D eigenvalue weighted by Gasteiger charge is -2.10. The minimum absolute atomic E-state index is 0.00870. The third-order valence-electron chi connectivity index (χ3n) is 2.45. The van der Waals surface area contributed by atoms with Crippen LogP contribution >= 0.6 is 11.3 Å². The number of nitrogens with one attached hydrogen (secondary N) is 1. The minimum atomic E-state index is -3.95. The molecule has 1 N–H and O–H groups in total. The Labute approximate surface area is 118 Å². The highest BCUT2D eigenvalue weighted by molar-refractivity contribution is 7.94. The van der Waals surface area contributed by atoms with E-state index in [2.05, 4.69) is 0 Å². The quantitative estimate of drug-likeness (QED) is 0.882. The van der Waals surface area contributed by atoms with Gasteiger partial charge in [-0.15, -0.1) is 11.3 Å². The third kappa shape index (κ3) is 2.70. The third-order valence-corrected chi connectivity index (χ3v) is 5.21. The van der Waals surface area contributed by atoms with Gasteiger partial charge in [0.1, 0.15) is 10.0 Å². The summed E-state index contributed by atoms with van der Waals surface area (Å²) in [7, 11) is -3.95. The number of thiophene rings is 1. The molecule has 2 rings (SSSR count). The van der Waals surface area contributed by atoms with Crippen molar-refractivity contribution < 1.29 is 22.0 Å². The van der Waals surface area contributed by atoms with Crippen molar-refractivity contribution in [3.05, 3.63) is 46.8 Å². The number of ketones is 1. The van der Waals surface area contributed by atoms with Crippen molar-refractivity contribution in [2.45, 2.75) is 11.1 Å². The summed E-state index contributed by atoms with van der Waals surface area (Å²) in [6, 6.07) is 4.65.